The molecule has 0 spiro atoms. The molecule has 0 atom stereocenters. The molecule has 2 aromatic rings. The van der Waals surface area contributed by atoms with Crippen molar-refractivity contribution in [2.45, 2.75) is 19.2 Å². The van der Waals surface area contributed by atoms with E-state index in [4.69, 9.17) is 10.5 Å². The molecule has 1 aromatic heterocycles. The summed E-state index contributed by atoms with van der Waals surface area (Å²) in [7, 11) is 0. The van der Waals surface area contributed by atoms with E-state index in [2.05, 4.69) is 9.97 Å². The van der Waals surface area contributed by atoms with Crippen LogP contribution in [-0.4, -0.2) is 16.5 Å². The second-order valence-corrected chi connectivity index (χ2v) is 4.32. The van der Waals surface area contributed by atoms with Crippen LogP contribution in [0.3, 0.4) is 0 Å². The smallest absolute Gasteiger partial charge is 0.419 e. The maximum absolute atomic E-state index is 13.1. The van der Waals surface area contributed by atoms with Gasteiger partial charge in [0.15, 0.2) is 5.82 Å². The van der Waals surface area contributed by atoms with E-state index in [9.17, 15) is 13.2 Å². The van der Waals surface area contributed by atoms with Crippen molar-refractivity contribution in [3.05, 3.63) is 53.6 Å². The molecular weight excluding hydrogens is 283 g/mol. The predicted octanol–water partition coefficient (Wildman–Crippen LogP) is 2.58. The average molecular weight is 297 g/mol. The third kappa shape index (κ3) is 4.16. The predicted molar refractivity (Wildman–Crippen MR) is 70.6 cm³/mol. The summed E-state index contributed by atoms with van der Waals surface area (Å²) >= 11 is 0. The van der Waals surface area contributed by atoms with Crippen LogP contribution in [0.4, 0.5) is 13.2 Å². The van der Waals surface area contributed by atoms with E-state index in [-0.39, 0.29) is 18.9 Å². The summed E-state index contributed by atoms with van der Waals surface area (Å²) in [5, 5.41) is 0. The third-order valence-corrected chi connectivity index (χ3v) is 2.76. The van der Waals surface area contributed by atoms with Gasteiger partial charge >= 0.3 is 6.18 Å². The highest BCUT2D eigenvalue weighted by atomic mass is 19.4. The van der Waals surface area contributed by atoms with Crippen molar-refractivity contribution in [3.8, 4) is 5.75 Å². The number of nitrogens with two attached hydrogens (primary N) is 1. The first-order valence-corrected chi connectivity index (χ1v) is 6.29. The van der Waals surface area contributed by atoms with Crippen molar-refractivity contribution in [1.29, 1.82) is 0 Å². The van der Waals surface area contributed by atoms with E-state index >= 15 is 0 Å². The number of hydrogen-bond donors (Lipinski definition) is 1. The van der Waals surface area contributed by atoms with Gasteiger partial charge in [-0.25, -0.2) is 9.97 Å². The number of ether oxygens (including phenoxy) is 1. The molecule has 0 saturated carbocycles. The van der Waals surface area contributed by atoms with Crippen molar-refractivity contribution in [2.24, 2.45) is 5.73 Å². The number of alkyl halides is 3. The first-order valence-electron chi connectivity index (χ1n) is 6.29. The molecule has 0 fully saturated rings. The van der Waals surface area contributed by atoms with Crippen molar-refractivity contribution < 1.29 is 17.9 Å². The molecule has 0 aliphatic heterocycles. The molecule has 1 heterocycles. The molecule has 0 unspecified atom stereocenters. The highest BCUT2D eigenvalue weighted by Crippen LogP contribution is 2.37. The Bertz CT molecular complexity index is 588. The summed E-state index contributed by atoms with van der Waals surface area (Å²) in [6.07, 6.45) is -1.11. The van der Waals surface area contributed by atoms with Crippen LogP contribution >= 0.6 is 0 Å². The van der Waals surface area contributed by atoms with Crippen molar-refractivity contribution in [1.82, 2.24) is 9.97 Å². The summed E-state index contributed by atoms with van der Waals surface area (Å²) in [5.74, 6) is 0.0763. The van der Waals surface area contributed by atoms with E-state index in [0.29, 0.717) is 17.8 Å². The standard InChI is InChI=1S/C14H14F3N3O/c15-14(16,17)11-8-10(4-5-18)2-3-12(11)21-9-13-19-6-1-7-20-13/h1-3,6-8H,4-5,9,18H2. The Morgan fingerprint density at radius 3 is 2.48 bits per heavy atom. The minimum Gasteiger partial charge on any atom is -0.485 e. The number of nitrogens with zero attached hydrogens (tertiary/aromatic N) is 2. The molecule has 0 aliphatic rings. The van der Waals surface area contributed by atoms with Gasteiger partial charge in [-0.3, -0.25) is 0 Å². The molecular formula is C14H14F3N3O. The number of rotatable bonds is 5. The lowest BCUT2D eigenvalue weighted by atomic mass is 10.1. The Labute approximate surface area is 119 Å². The zero-order chi connectivity index (χ0) is 15.3. The van der Waals surface area contributed by atoms with Crippen LogP contribution in [0.15, 0.2) is 36.7 Å². The van der Waals surface area contributed by atoms with Crippen LogP contribution in [0, 0.1) is 0 Å². The largest absolute Gasteiger partial charge is 0.485 e. The topological polar surface area (TPSA) is 61.0 Å². The van der Waals surface area contributed by atoms with Crippen LogP contribution in [0.2, 0.25) is 0 Å². The van der Waals surface area contributed by atoms with Gasteiger partial charge in [-0.15, -0.1) is 0 Å². The molecule has 0 amide bonds. The monoisotopic (exact) mass is 297 g/mol. The van der Waals surface area contributed by atoms with Gasteiger partial charge in [0.2, 0.25) is 0 Å². The Kier molecular flexibility index (Phi) is 4.74. The third-order valence-electron chi connectivity index (χ3n) is 2.76. The minimum absolute atomic E-state index is 0.125. The Morgan fingerprint density at radius 2 is 1.86 bits per heavy atom. The van der Waals surface area contributed by atoms with Crippen molar-refractivity contribution in [3.63, 3.8) is 0 Å². The van der Waals surface area contributed by atoms with Crippen molar-refractivity contribution in [2.75, 3.05) is 6.54 Å². The van der Waals surface area contributed by atoms with Crippen LogP contribution in [0.1, 0.15) is 17.0 Å². The molecule has 1 aromatic carbocycles. The van der Waals surface area contributed by atoms with E-state index in [1.54, 1.807) is 12.1 Å². The van der Waals surface area contributed by atoms with Gasteiger partial charge in [-0.1, -0.05) is 6.07 Å². The van der Waals surface area contributed by atoms with Gasteiger partial charge in [-0.2, -0.15) is 13.2 Å². The van der Waals surface area contributed by atoms with E-state index in [1.165, 1.54) is 18.5 Å². The van der Waals surface area contributed by atoms with Crippen LogP contribution in [-0.2, 0) is 19.2 Å². The normalized spacial score (nSPS) is 11.4. The molecule has 0 bridgehead atoms. The van der Waals surface area contributed by atoms with E-state index in [1.807, 2.05) is 0 Å². The maximum Gasteiger partial charge on any atom is 0.419 e. The summed E-state index contributed by atoms with van der Waals surface area (Å²) in [5.41, 5.74) is 5.07. The molecule has 0 radical (unpaired) electrons. The summed E-state index contributed by atoms with van der Waals surface area (Å²) in [4.78, 5) is 7.80. The van der Waals surface area contributed by atoms with Gasteiger partial charge < -0.3 is 10.5 Å². The van der Waals surface area contributed by atoms with Gasteiger partial charge in [-0.05, 0) is 36.7 Å². The fourth-order valence-corrected chi connectivity index (χ4v) is 1.79. The van der Waals surface area contributed by atoms with Gasteiger partial charge in [0, 0.05) is 12.4 Å². The summed E-state index contributed by atoms with van der Waals surface area (Å²) in [6.45, 7) is 0.162. The Hall–Kier alpha value is -2.15. The second kappa shape index (κ2) is 6.53. The lowest BCUT2D eigenvalue weighted by molar-refractivity contribution is -0.139. The molecule has 0 aliphatic carbocycles. The summed E-state index contributed by atoms with van der Waals surface area (Å²) in [6, 6.07) is 5.56. The van der Waals surface area contributed by atoms with Gasteiger partial charge in [0.25, 0.3) is 0 Å². The maximum atomic E-state index is 13.1. The SMILES string of the molecule is NCCc1ccc(OCc2ncccn2)c(C(F)(F)F)c1. The summed E-state index contributed by atoms with van der Waals surface area (Å²) < 4.78 is 44.4. The molecule has 2 rings (SSSR count). The highest BCUT2D eigenvalue weighted by Gasteiger charge is 2.34. The number of aromatic nitrogens is 2. The fraction of sp³-hybridized carbons (Fsp3) is 0.286. The fourth-order valence-electron chi connectivity index (χ4n) is 1.79. The quantitative estimate of drug-likeness (QED) is 0.921. The minimum atomic E-state index is -4.49. The van der Waals surface area contributed by atoms with Crippen LogP contribution < -0.4 is 10.5 Å². The van der Waals surface area contributed by atoms with Crippen LogP contribution in [0.5, 0.6) is 5.75 Å². The first-order chi connectivity index (χ1) is 10.0. The Balaban J connectivity index is 2.21. The molecule has 112 valence electrons. The zero-order valence-corrected chi connectivity index (χ0v) is 11.1. The molecule has 0 saturated heterocycles. The first kappa shape index (κ1) is 15.2. The number of hydrogen-bond acceptors (Lipinski definition) is 4. The average Bonchev–Trinajstić information content (AvgIpc) is 2.46. The van der Waals surface area contributed by atoms with Gasteiger partial charge in [0.05, 0.1) is 5.56 Å². The van der Waals surface area contributed by atoms with E-state index in [0.717, 1.165) is 6.07 Å². The number of halogens is 3. The zero-order valence-electron chi connectivity index (χ0n) is 11.1. The molecule has 7 heteroatoms. The lowest BCUT2D eigenvalue weighted by Crippen LogP contribution is -2.11. The van der Waals surface area contributed by atoms with Crippen LogP contribution in [0.25, 0.3) is 0 Å². The van der Waals surface area contributed by atoms with Gasteiger partial charge in [0.1, 0.15) is 12.4 Å². The van der Waals surface area contributed by atoms with Crippen molar-refractivity contribution >= 4 is 0 Å². The lowest BCUT2D eigenvalue weighted by Gasteiger charge is -2.15. The Morgan fingerprint density at radius 1 is 1.14 bits per heavy atom. The second-order valence-electron chi connectivity index (χ2n) is 4.32. The number of benzene rings is 1. The highest BCUT2D eigenvalue weighted by molar-refractivity contribution is 5.39. The molecule has 4 nitrogen and oxygen atoms in total. The molecule has 21 heavy (non-hydrogen) atoms. The molecule has 2 N–H and O–H groups in total. The van der Waals surface area contributed by atoms with E-state index < -0.39 is 11.7 Å².